The van der Waals surface area contributed by atoms with Crippen molar-refractivity contribution in [2.45, 2.75) is 37.0 Å². The van der Waals surface area contributed by atoms with Gasteiger partial charge in [0.05, 0.1) is 0 Å². The van der Waals surface area contributed by atoms with Crippen LogP contribution in [0.2, 0.25) is 0 Å². The number of hydrogen-bond acceptors (Lipinski definition) is 0. The molecule has 0 saturated carbocycles. The third-order valence-corrected chi connectivity index (χ3v) is 1.70. The molecule has 0 N–H and O–H groups in total. The van der Waals surface area contributed by atoms with Gasteiger partial charge < -0.3 is 0 Å². The van der Waals surface area contributed by atoms with Gasteiger partial charge in [0.2, 0.25) is 0 Å². The predicted octanol–water partition coefficient (Wildman–Crippen LogP) is 3.00. The molecule has 0 rings (SSSR count). The van der Waals surface area contributed by atoms with Crippen molar-refractivity contribution in [1.82, 2.24) is 0 Å². The maximum absolute atomic E-state index is 3.05. The summed E-state index contributed by atoms with van der Waals surface area (Å²) in [5.74, 6) is 5.94. The molecule has 0 aromatic rings. The van der Waals surface area contributed by atoms with Crippen LogP contribution in [-0.4, -0.2) is 3.92 Å². The Morgan fingerprint density at radius 3 is 2.67 bits per heavy atom. The van der Waals surface area contributed by atoms with Crippen molar-refractivity contribution < 1.29 is 0 Å². The monoisotopic (exact) mass is 236 g/mol. The molecule has 0 aliphatic carbocycles. The summed E-state index contributed by atoms with van der Waals surface area (Å²) in [5.41, 5.74) is 0. The molecule has 0 spiro atoms. The Morgan fingerprint density at radius 1 is 1.56 bits per heavy atom. The molecule has 1 heteroatoms. The van der Waals surface area contributed by atoms with Gasteiger partial charge in [0.1, 0.15) is 0 Å². The van der Waals surface area contributed by atoms with Gasteiger partial charge in [-0.05, 0) is 19.8 Å². The second kappa shape index (κ2) is 6.41. The van der Waals surface area contributed by atoms with E-state index in [4.69, 9.17) is 0 Å². The predicted molar refractivity (Wildman–Crippen MR) is 50.8 cm³/mol. The van der Waals surface area contributed by atoms with Crippen LogP contribution in [0.25, 0.3) is 0 Å². The molecule has 0 aromatic heterocycles. The molecule has 1 unspecified atom stereocenters. The molecule has 0 nitrogen and oxygen atoms in total. The fraction of sp³-hybridized carbons (Fsp3) is 0.750. The lowest BCUT2D eigenvalue weighted by atomic mass is 10.2. The van der Waals surface area contributed by atoms with Crippen molar-refractivity contribution in [3.8, 4) is 11.8 Å². The molecule has 0 aromatic carbocycles. The topological polar surface area (TPSA) is 0 Å². The minimum absolute atomic E-state index is 0.807. The van der Waals surface area contributed by atoms with Crippen molar-refractivity contribution >= 4 is 22.6 Å². The Morgan fingerprint density at radius 2 is 2.22 bits per heavy atom. The van der Waals surface area contributed by atoms with Crippen LogP contribution in [0.4, 0.5) is 0 Å². The zero-order valence-electron chi connectivity index (χ0n) is 6.08. The minimum Gasteiger partial charge on any atom is -0.107 e. The molecule has 0 aliphatic heterocycles. The number of hydrogen-bond donors (Lipinski definition) is 0. The Kier molecular flexibility index (Phi) is 6.62. The van der Waals surface area contributed by atoms with Crippen LogP contribution >= 0.6 is 22.6 Å². The van der Waals surface area contributed by atoms with Gasteiger partial charge in [-0.25, -0.2) is 0 Å². The van der Waals surface area contributed by atoms with E-state index in [0.29, 0.717) is 0 Å². The molecule has 52 valence electrons. The van der Waals surface area contributed by atoms with Gasteiger partial charge in [0.15, 0.2) is 0 Å². The smallest absolute Gasteiger partial charge is 0.00889 e. The van der Waals surface area contributed by atoms with Gasteiger partial charge in [-0.15, -0.1) is 11.8 Å². The van der Waals surface area contributed by atoms with E-state index >= 15 is 0 Å². The number of rotatable bonds is 3. The molecule has 0 heterocycles. The third-order valence-electron chi connectivity index (χ3n) is 1.08. The van der Waals surface area contributed by atoms with Crippen molar-refractivity contribution in [2.24, 2.45) is 0 Å². The highest BCUT2D eigenvalue weighted by Gasteiger charge is 1.91. The number of alkyl halides is 1. The molecule has 0 radical (unpaired) electrons. The highest BCUT2D eigenvalue weighted by Crippen LogP contribution is 2.07. The van der Waals surface area contributed by atoms with E-state index in [1.807, 2.05) is 6.92 Å². The fourth-order valence-corrected chi connectivity index (χ4v) is 1.04. The second-order valence-corrected chi connectivity index (χ2v) is 4.23. The summed E-state index contributed by atoms with van der Waals surface area (Å²) in [5, 5.41) is 0. The van der Waals surface area contributed by atoms with Gasteiger partial charge in [-0.1, -0.05) is 29.5 Å². The summed E-state index contributed by atoms with van der Waals surface area (Å²) in [7, 11) is 0. The molecule has 0 fully saturated rings. The lowest BCUT2D eigenvalue weighted by Crippen LogP contribution is -1.87. The zero-order chi connectivity index (χ0) is 7.11. The van der Waals surface area contributed by atoms with E-state index in [1.165, 1.54) is 12.8 Å². The first kappa shape index (κ1) is 9.29. The van der Waals surface area contributed by atoms with Gasteiger partial charge in [0, 0.05) is 10.3 Å². The van der Waals surface area contributed by atoms with Crippen LogP contribution in [0.3, 0.4) is 0 Å². The van der Waals surface area contributed by atoms with Gasteiger partial charge >= 0.3 is 0 Å². The Balaban J connectivity index is 2.98. The molecule has 0 aliphatic rings. The zero-order valence-corrected chi connectivity index (χ0v) is 8.23. The molecule has 0 amide bonds. The molecular formula is C8H13I. The Hall–Kier alpha value is 0.290. The summed E-state index contributed by atoms with van der Waals surface area (Å²) in [6.07, 6.45) is 3.63. The fourth-order valence-electron chi connectivity index (χ4n) is 0.597. The van der Waals surface area contributed by atoms with Crippen molar-refractivity contribution in [1.29, 1.82) is 0 Å². The molecular weight excluding hydrogens is 223 g/mol. The van der Waals surface area contributed by atoms with E-state index < -0.39 is 0 Å². The number of unbranched alkanes of at least 4 members (excludes halogenated alkanes) is 1. The average molecular weight is 236 g/mol. The highest BCUT2D eigenvalue weighted by atomic mass is 127. The third kappa shape index (κ3) is 8.29. The van der Waals surface area contributed by atoms with Crippen LogP contribution in [0.1, 0.15) is 33.1 Å². The molecule has 1 atom stereocenters. The van der Waals surface area contributed by atoms with Crippen LogP contribution in [-0.2, 0) is 0 Å². The quantitative estimate of drug-likeness (QED) is 0.306. The van der Waals surface area contributed by atoms with Crippen LogP contribution in [0, 0.1) is 11.8 Å². The lowest BCUT2D eigenvalue weighted by molar-refractivity contribution is 0.767. The first-order valence-corrected chi connectivity index (χ1v) is 4.55. The Labute approximate surface area is 71.6 Å². The lowest BCUT2D eigenvalue weighted by Gasteiger charge is -1.97. The average Bonchev–Trinajstić information content (AvgIpc) is 1.80. The van der Waals surface area contributed by atoms with Crippen molar-refractivity contribution in [3.05, 3.63) is 0 Å². The standard InChI is InChI=1S/C8H13I/c1-3-4-5-6-7-8(2)9/h8H,5-7H2,1-2H3. The maximum atomic E-state index is 3.05. The summed E-state index contributed by atoms with van der Waals surface area (Å²) >= 11 is 2.45. The summed E-state index contributed by atoms with van der Waals surface area (Å²) in [6.45, 7) is 4.13. The van der Waals surface area contributed by atoms with E-state index in [9.17, 15) is 0 Å². The second-order valence-electron chi connectivity index (χ2n) is 2.10. The first-order chi connectivity index (χ1) is 4.27. The van der Waals surface area contributed by atoms with E-state index in [0.717, 1.165) is 10.3 Å². The molecule has 0 bridgehead atoms. The van der Waals surface area contributed by atoms with E-state index in [-0.39, 0.29) is 0 Å². The summed E-state index contributed by atoms with van der Waals surface area (Å²) < 4.78 is 0.807. The highest BCUT2D eigenvalue weighted by molar-refractivity contribution is 14.1. The van der Waals surface area contributed by atoms with Gasteiger partial charge in [0.25, 0.3) is 0 Å². The summed E-state index contributed by atoms with van der Waals surface area (Å²) in [4.78, 5) is 0. The van der Waals surface area contributed by atoms with E-state index in [1.54, 1.807) is 0 Å². The van der Waals surface area contributed by atoms with Crippen LogP contribution in [0.15, 0.2) is 0 Å². The van der Waals surface area contributed by atoms with Crippen molar-refractivity contribution in [3.63, 3.8) is 0 Å². The van der Waals surface area contributed by atoms with Gasteiger partial charge in [-0.3, -0.25) is 0 Å². The minimum atomic E-state index is 0.807. The van der Waals surface area contributed by atoms with Crippen molar-refractivity contribution in [2.75, 3.05) is 0 Å². The Bertz CT molecular complexity index is 105. The van der Waals surface area contributed by atoms with Crippen LogP contribution < -0.4 is 0 Å². The normalized spacial score (nSPS) is 11.9. The van der Waals surface area contributed by atoms with E-state index in [2.05, 4.69) is 41.4 Å². The molecule has 0 saturated heterocycles. The maximum Gasteiger partial charge on any atom is 0.00889 e. The number of halogens is 1. The SMILES string of the molecule is CC#CCCCC(C)I. The molecule has 9 heavy (non-hydrogen) atoms. The summed E-state index contributed by atoms with van der Waals surface area (Å²) in [6, 6.07) is 0. The van der Waals surface area contributed by atoms with Crippen LogP contribution in [0.5, 0.6) is 0 Å². The first-order valence-electron chi connectivity index (χ1n) is 3.31. The van der Waals surface area contributed by atoms with Gasteiger partial charge in [-0.2, -0.15) is 0 Å². The largest absolute Gasteiger partial charge is 0.107 e.